The third-order valence-corrected chi connectivity index (χ3v) is 3.46. The fourth-order valence-electron chi connectivity index (χ4n) is 2.34. The van der Waals surface area contributed by atoms with E-state index in [4.69, 9.17) is 16.3 Å². The van der Waals surface area contributed by atoms with Gasteiger partial charge in [0.15, 0.2) is 0 Å². The lowest BCUT2D eigenvalue weighted by atomic mass is 9.89. The number of nitrogens with one attached hydrogen (secondary N) is 1. The lowest BCUT2D eigenvalue weighted by molar-refractivity contribution is 0.0526. The zero-order valence-corrected chi connectivity index (χ0v) is 11.3. The van der Waals surface area contributed by atoms with Gasteiger partial charge in [0, 0.05) is 5.02 Å². The van der Waals surface area contributed by atoms with Gasteiger partial charge in [0.25, 0.3) is 0 Å². The van der Waals surface area contributed by atoms with Crippen molar-refractivity contribution in [1.82, 2.24) is 5.32 Å². The van der Waals surface area contributed by atoms with E-state index in [1.165, 1.54) is 0 Å². The van der Waals surface area contributed by atoms with E-state index in [0.29, 0.717) is 23.1 Å². The minimum atomic E-state index is -0.296. The summed E-state index contributed by atoms with van der Waals surface area (Å²) in [5.74, 6) is 0.188. The van der Waals surface area contributed by atoms with Gasteiger partial charge in [-0.3, -0.25) is 0 Å². The molecule has 0 radical (unpaired) electrons. The van der Waals surface area contributed by atoms with Crippen LogP contribution in [-0.2, 0) is 4.74 Å². The van der Waals surface area contributed by atoms with Gasteiger partial charge in [-0.15, -0.1) is 0 Å². The highest BCUT2D eigenvalue weighted by Crippen LogP contribution is 2.28. The number of esters is 1. The Kier molecular flexibility index (Phi) is 4.61. The summed E-state index contributed by atoms with van der Waals surface area (Å²) in [6, 6.07) is 5.55. The topological polar surface area (TPSA) is 38.3 Å². The van der Waals surface area contributed by atoms with Gasteiger partial charge in [0.1, 0.15) is 0 Å². The zero-order chi connectivity index (χ0) is 13.0. The number of ether oxygens (including phenoxy) is 1. The van der Waals surface area contributed by atoms with Crippen molar-refractivity contribution in [3.63, 3.8) is 0 Å². The SMILES string of the molecule is CCOC(=O)c1cc(Cl)cc(C2CCNCC2)c1. The number of halogens is 1. The summed E-state index contributed by atoms with van der Waals surface area (Å²) in [5, 5.41) is 3.94. The van der Waals surface area contributed by atoms with Crippen molar-refractivity contribution >= 4 is 17.6 Å². The molecule has 1 heterocycles. The maximum absolute atomic E-state index is 11.7. The quantitative estimate of drug-likeness (QED) is 0.856. The molecule has 1 aromatic carbocycles. The molecule has 0 saturated carbocycles. The average Bonchev–Trinajstić information content (AvgIpc) is 2.39. The number of piperidine rings is 1. The Hall–Kier alpha value is -1.06. The van der Waals surface area contributed by atoms with Crippen LogP contribution in [0.5, 0.6) is 0 Å². The van der Waals surface area contributed by atoms with Crippen LogP contribution in [0.3, 0.4) is 0 Å². The molecule has 0 bridgehead atoms. The predicted molar refractivity (Wildman–Crippen MR) is 72.3 cm³/mol. The Morgan fingerprint density at radius 1 is 1.39 bits per heavy atom. The van der Waals surface area contributed by atoms with Gasteiger partial charge in [0.05, 0.1) is 12.2 Å². The molecule has 1 aliphatic heterocycles. The molecule has 1 N–H and O–H groups in total. The van der Waals surface area contributed by atoms with E-state index in [0.717, 1.165) is 31.5 Å². The molecule has 0 aromatic heterocycles. The molecule has 0 amide bonds. The van der Waals surface area contributed by atoms with E-state index in [9.17, 15) is 4.79 Å². The van der Waals surface area contributed by atoms with Crippen LogP contribution < -0.4 is 5.32 Å². The summed E-state index contributed by atoms with van der Waals surface area (Å²) in [6.45, 7) is 4.22. The summed E-state index contributed by atoms with van der Waals surface area (Å²) in [7, 11) is 0. The van der Waals surface area contributed by atoms with Crippen molar-refractivity contribution in [2.24, 2.45) is 0 Å². The first-order valence-corrected chi connectivity index (χ1v) is 6.77. The molecule has 1 fully saturated rings. The molecule has 1 saturated heterocycles. The molecule has 1 aromatic rings. The third kappa shape index (κ3) is 3.24. The van der Waals surface area contributed by atoms with Crippen molar-refractivity contribution in [2.45, 2.75) is 25.7 Å². The van der Waals surface area contributed by atoms with Crippen LogP contribution in [0.2, 0.25) is 5.02 Å². The van der Waals surface area contributed by atoms with E-state index in [-0.39, 0.29) is 5.97 Å². The van der Waals surface area contributed by atoms with Gasteiger partial charge in [-0.25, -0.2) is 4.79 Å². The number of carbonyl (C=O) groups is 1. The summed E-state index contributed by atoms with van der Waals surface area (Å²) >= 11 is 6.09. The highest BCUT2D eigenvalue weighted by molar-refractivity contribution is 6.31. The largest absolute Gasteiger partial charge is 0.462 e. The van der Waals surface area contributed by atoms with Gasteiger partial charge in [-0.2, -0.15) is 0 Å². The monoisotopic (exact) mass is 267 g/mol. The number of benzene rings is 1. The summed E-state index contributed by atoms with van der Waals surface area (Å²) in [4.78, 5) is 11.7. The van der Waals surface area contributed by atoms with Crippen LogP contribution in [-0.4, -0.2) is 25.7 Å². The van der Waals surface area contributed by atoms with E-state index >= 15 is 0 Å². The van der Waals surface area contributed by atoms with Crippen molar-refractivity contribution in [3.8, 4) is 0 Å². The number of hydrogen-bond donors (Lipinski definition) is 1. The first-order valence-electron chi connectivity index (χ1n) is 6.39. The van der Waals surface area contributed by atoms with E-state index < -0.39 is 0 Å². The van der Waals surface area contributed by atoms with Crippen molar-refractivity contribution in [2.75, 3.05) is 19.7 Å². The highest BCUT2D eigenvalue weighted by Gasteiger charge is 2.18. The van der Waals surface area contributed by atoms with Crippen LogP contribution in [0.15, 0.2) is 18.2 Å². The summed E-state index contributed by atoms with van der Waals surface area (Å²) < 4.78 is 5.02. The summed E-state index contributed by atoms with van der Waals surface area (Å²) in [5.41, 5.74) is 1.70. The number of carbonyl (C=O) groups excluding carboxylic acids is 1. The maximum Gasteiger partial charge on any atom is 0.338 e. The molecule has 0 spiro atoms. The predicted octanol–water partition coefficient (Wildman–Crippen LogP) is 2.98. The molecule has 98 valence electrons. The Bertz CT molecular complexity index is 428. The second-order valence-corrected chi connectivity index (χ2v) is 4.95. The second kappa shape index (κ2) is 6.21. The van der Waals surface area contributed by atoms with Gasteiger partial charge in [-0.05, 0) is 62.5 Å². The molecule has 3 nitrogen and oxygen atoms in total. The highest BCUT2D eigenvalue weighted by atomic mass is 35.5. The first-order chi connectivity index (χ1) is 8.70. The fourth-order valence-corrected chi connectivity index (χ4v) is 2.58. The fraction of sp³-hybridized carbons (Fsp3) is 0.500. The summed E-state index contributed by atoms with van der Waals surface area (Å²) in [6.07, 6.45) is 2.17. The minimum absolute atomic E-state index is 0.296. The lowest BCUT2D eigenvalue weighted by Crippen LogP contribution is -2.26. The van der Waals surface area contributed by atoms with Crippen LogP contribution in [0, 0.1) is 0 Å². The number of hydrogen-bond acceptors (Lipinski definition) is 3. The van der Waals surface area contributed by atoms with Crippen LogP contribution >= 0.6 is 11.6 Å². The van der Waals surface area contributed by atoms with Gasteiger partial charge >= 0.3 is 5.97 Å². The smallest absolute Gasteiger partial charge is 0.338 e. The molecule has 0 atom stereocenters. The Balaban J connectivity index is 2.22. The van der Waals surface area contributed by atoms with E-state index in [1.807, 2.05) is 12.1 Å². The van der Waals surface area contributed by atoms with Crippen molar-refractivity contribution < 1.29 is 9.53 Å². The van der Waals surface area contributed by atoms with Crippen LogP contribution in [0.1, 0.15) is 41.6 Å². The third-order valence-electron chi connectivity index (χ3n) is 3.24. The molecule has 1 aliphatic rings. The Morgan fingerprint density at radius 3 is 2.78 bits per heavy atom. The van der Waals surface area contributed by atoms with Crippen LogP contribution in [0.4, 0.5) is 0 Å². The molecular formula is C14H18ClNO2. The second-order valence-electron chi connectivity index (χ2n) is 4.52. The first kappa shape index (κ1) is 13.4. The zero-order valence-electron chi connectivity index (χ0n) is 10.5. The molecular weight excluding hydrogens is 250 g/mol. The molecule has 2 rings (SSSR count). The molecule has 0 unspecified atom stereocenters. The van der Waals surface area contributed by atoms with Gasteiger partial charge in [0.2, 0.25) is 0 Å². The maximum atomic E-state index is 11.7. The van der Waals surface area contributed by atoms with Gasteiger partial charge < -0.3 is 10.1 Å². The lowest BCUT2D eigenvalue weighted by Gasteiger charge is -2.23. The number of rotatable bonds is 3. The molecule has 4 heteroatoms. The van der Waals surface area contributed by atoms with Crippen molar-refractivity contribution in [1.29, 1.82) is 0 Å². The van der Waals surface area contributed by atoms with Crippen LogP contribution in [0.25, 0.3) is 0 Å². The molecule has 18 heavy (non-hydrogen) atoms. The minimum Gasteiger partial charge on any atom is -0.462 e. The average molecular weight is 268 g/mol. The van der Waals surface area contributed by atoms with Gasteiger partial charge in [-0.1, -0.05) is 11.6 Å². The van der Waals surface area contributed by atoms with E-state index in [2.05, 4.69) is 5.32 Å². The standard InChI is InChI=1S/C14H18ClNO2/c1-2-18-14(17)12-7-11(8-13(15)9-12)10-3-5-16-6-4-10/h7-10,16H,2-6H2,1H3. The van der Waals surface area contributed by atoms with Crippen molar-refractivity contribution in [3.05, 3.63) is 34.3 Å². The Morgan fingerprint density at radius 2 is 2.11 bits per heavy atom. The van der Waals surface area contributed by atoms with E-state index in [1.54, 1.807) is 13.0 Å². The normalized spacial score (nSPS) is 16.6. The Labute approximate surface area is 112 Å². The molecule has 0 aliphatic carbocycles.